The van der Waals surface area contributed by atoms with Crippen LogP contribution in [0.5, 0.6) is 0 Å². The summed E-state index contributed by atoms with van der Waals surface area (Å²) < 4.78 is 40.2. The van der Waals surface area contributed by atoms with Gasteiger partial charge in [-0.15, -0.1) is 0 Å². The fraction of sp³-hybridized carbons (Fsp3) is 0.357. The summed E-state index contributed by atoms with van der Waals surface area (Å²) in [6.45, 7) is 2.05. The highest BCUT2D eigenvalue weighted by atomic mass is 19.4. The lowest BCUT2D eigenvalue weighted by atomic mass is 10.1. The Balaban J connectivity index is 2.08. The minimum atomic E-state index is -4.32. The molecule has 1 atom stereocenters. The minimum absolute atomic E-state index is 0.0648. The molecule has 1 aromatic carbocycles. The maximum absolute atomic E-state index is 12.9. The van der Waals surface area contributed by atoms with Crippen molar-refractivity contribution in [2.45, 2.75) is 25.7 Å². The van der Waals surface area contributed by atoms with E-state index in [0.29, 0.717) is 0 Å². The first-order valence-corrected chi connectivity index (χ1v) is 6.25. The fourth-order valence-corrected chi connectivity index (χ4v) is 2.00. The quantitative estimate of drug-likeness (QED) is 0.933. The zero-order valence-electron chi connectivity index (χ0n) is 11.3. The Morgan fingerprint density at radius 2 is 2.00 bits per heavy atom. The number of rotatable bonds is 4. The summed E-state index contributed by atoms with van der Waals surface area (Å²) >= 11 is 0. The van der Waals surface area contributed by atoms with Crippen LogP contribution in [0.2, 0.25) is 0 Å². The molecule has 0 saturated heterocycles. The summed E-state index contributed by atoms with van der Waals surface area (Å²) in [5, 5.41) is 7.13. The van der Waals surface area contributed by atoms with Gasteiger partial charge in [-0.3, -0.25) is 4.68 Å². The first-order chi connectivity index (χ1) is 9.38. The molecule has 0 amide bonds. The standard InChI is InChI=1S/C14H16F3N3/c1-10(12-8-19-20(2)9-12)18-7-11-5-3-4-6-13(11)14(15,16)17/h3-6,8-10,18H,7H2,1-2H3. The van der Waals surface area contributed by atoms with Crippen molar-refractivity contribution in [3.8, 4) is 0 Å². The van der Waals surface area contributed by atoms with Gasteiger partial charge in [-0.25, -0.2) is 0 Å². The molecule has 1 N–H and O–H groups in total. The Bertz CT molecular complexity index is 575. The third-order valence-electron chi connectivity index (χ3n) is 3.15. The summed E-state index contributed by atoms with van der Waals surface area (Å²) in [6.07, 6.45) is -0.781. The molecule has 1 unspecified atom stereocenters. The van der Waals surface area contributed by atoms with Gasteiger partial charge in [0, 0.05) is 31.4 Å². The van der Waals surface area contributed by atoms with E-state index in [9.17, 15) is 13.2 Å². The number of nitrogens with one attached hydrogen (secondary N) is 1. The van der Waals surface area contributed by atoms with Crippen LogP contribution in [0.4, 0.5) is 13.2 Å². The first-order valence-electron chi connectivity index (χ1n) is 6.25. The van der Waals surface area contributed by atoms with E-state index in [1.165, 1.54) is 12.1 Å². The highest BCUT2D eigenvalue weighted by molar-refractivity contribution is 5.29. The second-order valence-corrected chi connectivity index (χ2v) is 4.70. The van der Waals surface area contributed by atoms with Gasteiger partial charge in [0.2, 0.25) is 0 Å². The van der Waals surface area contributed by atoms with Crippen LogP contribution in [0.15, 0.2) is 36.7 Å². The van der Waals surface area contributed by atoms with Gasteiger partial charge in [-0.05, 0) is 18.6 Å². The second kappa shape index (κ2) is 5.66. The Labute approximate surface area is 115 Å². The van der Waals surface area contributed by atoms with Crippen molar-refractivity contribution in [2.24, 2.45) is 7.05 Å². The van der Waals surface area contributed by atoms with Crippen LogP contribution in [0, 0.1) is 0 Å². The number of hydrogen-bond donors (Lipinski definition) is 1. The van der Waals surface area contributed by atoms with Gasteiger partial charge in [-0.2, -0.15) is 18.3 Å². The van der Waals surface area contributed by atoms with Gasteiger partial charge < -0.3 is 5.32 Å². The average Bonchev–Trinajstić information content (AvgIpc) is 2.82. The van der Waals surface area contributed by atoms with Crippen molar-refractivity contribution in [3.63, 3.8) is 0 Å². The molecule has 0 bridgehead atoms. The largest absolute Gasteiger partial charge is 0.416 e. The normalized spacial score (nSPS) is 13.4. The van der Waals surface area contributed by atoms with E-state index in [2.05, 4.69) is 10.4 Å². The number of nitrogens with zero attached hydrogens (tertiary/aromatic N) is 2. The maximum Gasteiger partial charge on any atom is 0.416 e. The molecule has 0 fully saturated rings. The van der Waals surface area contributed by atoms with Crippen LogP contribution in [0.3, 0.4) is 0 Å². The lowest BCUT2D eigenvalue weighted by molar-refractivity contribution is -0.138. The third kappa shape index (κ3) is 3.39. The van der Waals surface area contributed by atoms with Crippen molar-refractivity contribution in [2.75, 3.05) is 0 Å². The number of alkyl halides is 3. The molecule has 6 heteroatoms. The zero-order chi connectivity index (χ0) is 14.8. The van der Waals surface area contributed by atoms with E-state index in [4.69, 9.17) is 0 Å². The van der Waals surface area contributed by atoms with Crippen LogP contribution < -0.4 is 5.32 Å². The van der Waals surface area contributed by atoms with E-state index in [1.807, 2.05) is 13.1 Å². The topological polar surface area (TPSA) is 29.9 Å². The first kappa shape index (κ1) is 14.6. The second-order valence-electron chi connectivity index (χ2n) is 4.70. The number of aryl methyl sites for hydroxylation is 1. The molecule has 0 aliphatic rings. The number of hydrogen-bond acceptors (Lipinski definition) is 2. The minimum Gasteiger partial charge on any atom is -0.306 e. The van der Waals surface area contributed by atoms with Crippen LogP contribution in [0.1, 0.15) is 29.7 Å². The SMILES string of the molecule is CC(NCc1ccccc1C(F)(F)F)c1cnn(C)c1. The lowest BCUT2D eigenvalue weighted by Gasteiger charge is -2.16. The van der Waals surface area contributed by atoms with Gasteiger partial charge in [0.05, 0.1) is 11.8 Å². The molecule has 108 valence electrons. The average molecular weight is 283 g/mol. The summed E-state index contributed by atoms with van der Waals surface area (Å²) in [7, 11) is 1.80. The van der Waals surface area contributed by atoms with Crippen LogP contribution in [-0.4, -0.2) is 9.78 Å². The van der Waals surface area contributed by atoms with Crippen LogP contribution in [0.25, 0.3) is 0 Å². The summed E-state index contributed by atoms with van der Waals surface area (Å²) in [5.41, 5.74) is 0.596. The molecular formula is C14H16F3N3. The molecule has 1 heterocycles. The molecule has 0 saturated carbocycles. The van der Waals surface area contributed by atoms with E-state index < -0.39 is 11.7 Å². The molecule has 0 spiro atoms. The van der Waals surface area contributed by atoms with Crippen LogP contribution >= 0.6 is 0 Å². The molecule has 20 heavy (non-hydrogen) atoms. The predicted molar refractivity (Wildman–Crippen MR) is 69.9 cm³/mol. The molecule has 0 radical (unpaired) electrons. The van der Waals surface area contributed by atoms with Crippen LogP contribution in [-0.2, 0) is 19.8 Å². The van der Waals surface area contributed by atoms with Gasteiger partial charge in [-0.1, -0.05) is 18.2 Å². The molecule has 1 aromatic heterocycles. The Morgan fingerprint density at radius 3 is 2.60 bits per heavy atom. The third-order valence-corrected chi connectivity index (χ3v) is 3.15. The van der Waals surface area contributed by atoms with Gasteiger partial charge in [0.1, 0.15) is 0 Å². The molecule has 2 aromatic rings. The van der Waals surface area contributed by atoms with E-state index >= 15 is 0 Å². The number of halogens is 3. The highest BCUT2D eigenvalue weighted by Gasteiger charge is 2.32. The lowest BCUT2D eigenvalue weighted by Crippen LogP contribution is -2.20. The smallest absolute Gasteiger partial charge is 0.306 e. The Morgan fingerprint density at radius 1 is 1.30 bits per heavy atom. The van der Waals surface area contributed by atoms with Crippen molar-refractivity contribution < 1.29 is 13.2 Å². The molecule has 3 nitrogen and oxygen atoms in total. The molecule has 0 aliphatic heterocycles. The van der Waals surface area contributed by atoms with Gasteiger partial charge >= 0.3 is 6.18 Å². The zero-order valence-corrected chi connectivity index (χ0v) is 11.3. The van der Waals surface area contributed by atoms with Crippen molar-refractivity contribution >= 4 is 0 Å². The summed E-state index contributed by atoms with van der Waals surface area (Å²) in [5.74, 6) is 0. The Hall–Kier alpha value is -1.82. The van der Waals surface area contributed by atoms with E-state index in [1.54, 1.807) is 24.0 Å². The summed E-state index contributed by atoms with van der Waals surface area (Å²) in [6, 6.07) is 5.54. The highest BCUT2D eigenvalue weighted by Crippen LogP contribution is 2.31. The number of aromatic nitrogens is 2. The predicted octanol–water partition coefficient (Wildman–Crippen LogP) is 3.29. The van der Waals surface area contributed by atoms with Gasteiger partial charge in [0.15, 0.2) is 0 Å². The molecule has 2 rings (SSSR count). The molecular weight excluding hydrogens is 267 g/mol. The fourth-order valence-electron chi connectivity index (χ4n) is 2.00. The van der Waals surface area contributed by atoms with Crippen molar-refractivity contribution in [1.29, 1.82) is 0 Å². The Kier molecular flexibility index (Phi) is 4.13. The van der Waals surface area contributed by atoms with Gasteiger partial charge in [0.25, 0.3) is 0 Å². The monoisotopic (exact) mass is 283 g/mol. The summed E-state index contributed by atoms with van der Waals surface area (Å²) in [4.78, 5) is 0. The van der Waals surface area contributed by atoms with Crippen molar-refractivity contribution in [3.05, 3.63) is 53.3 Å². The van der Waals surface area contributed by atoms with E-state index in [0.717, 1.165) is 11.6 Å². The maximum atomic E-state index is 12.9. The number of benzene rings is 1. The van der Waals surface area contributed by atoms with E-state index in [-0.39, 0.29) is 18.2 Å². The molecule has 0 aliphatic carbocycles. The van der Waals surface area contributed by atoms with Crippen molar-refractivity contribution in [1.82, 2.24) is 15.1 Å².